The molecular formula is C16H21N3O4S. The molecule has 0 bridgehead atoms. The lowest BCUT2D eigenvalue weighted by Crippen LogP contribution is -2.42. The first-order valence-electron chi connectivity index (χ1n) is 8.06. The van der Waals surface area contributed by atoms with E-state index in [1.807, 2.05) is 6.07 Å². The van der Waals surface area contributed by atoms with Gasteiger partial charge in [-0.1, -0.05) is 0 Å². The summed E-state index contributed by atoms with van der Waals surface area (Å²) in [7, 11) is -1.99. The van der Waals surface area contributed by atoms with E-state index in [4.69, 9.17) is 14.7 Å². The summed E-state index contributed by atoms with van der Waals surface area (Å²) in [6.45, 7) is 1.62. The van der Waals surface area contributed by atoms with Crippen LogP contribution in [-0.4, -0.2) is 52.1 Å². The Morgan fingerprint density at radius 3 is 3.04 bits per heavy atom. The van der Waals surface area contributed by atoms with Crippen LogP contribution in [0, 0.1) is 17.2 Å². The highest BCUT2D eigenvalue weighted by Crippen LogP contribution is 2.30. The molecule has 3 rings (SSSR count). The van der Waals surface area contributed by atoms with Crippen molar-refractivity contribution in [2.24, 2.45) is 5.92 Å². The van der Waals surface area contributed by atoms with E-state index in [0.717, 1.165) is 6.42 Å². The number of anilines is 1. The maximum Gasteiger partial charge on any atom is 0.237 e. The van der Waals surface area contributed by atoms with E-state index >= 15 is 0 Å². The Morgan fingerprint density at radius 1 is 1.54 bits per heavy atom. The molecule has 0 saturated carbocycles. The highest BCUT2D eigenvalue weighted by Gasteiger charge is 2.35. The number of fused-ring (bicyclic) bond motifs is 1. The van der Waals surface area contributed by atoms with Crippen molar-refractivity contribution in [2.45, 2.75) is 25.4 Å². The summed E-state index contributed by atoms with van der Waals surface area (Å²) in [5.74, 6) is 0.0323. The molecule has 1 saturated heterocycles. The van der Waals surface area contributed by atoms with Crippen LogP contribution in [0.2, 0.25) is 0 Å². The van der Waals surface area contributed by atoms with Gasteiger partial charge in [-0.2, -0.15) is 5.26 Å². The first-order valence-corrected chi connectivity index (χ1v) is 9.67. The lowest BCUT2D eigenvalue weighted by atomic mass is 10.0. The number of hydrogen-bond donors (Lipinski definition) is 0. The molecule has 0 aromatic carbocycles. The molecule has 2 aliphatic rings. The number of rotatable bonds is 5. The number of nitriles is 1. The molecule has 2 atom stereocenters. The first-order chi connectivity index (χ1) is 11.5. The monoisotopic (exact) mass is 351 g/mol. The van der Waals surface area contributed by atoms with Gasteiger partial charge >= 0.3 is 0 Å². The van der Waals surface area contributed by atoms with Crippen LogP contribution in [0.1, 0.15) is 24.2 Å². The second kappa shape index (κ2) is 7.05. The molecule has 3 heterocycles. The number of aryl methyl sites for hydroxylation is 1. The van der Waals surface area contributed by atoms with Crippen molar-refractivity contribution in [1.82, 2.24) is 4.98 Å². The lowest BCUT2D eigenvalue weighted by Gasteiger charge is -2.32. The van der Waals surface area contributed by atoms with Crippen LogP contribution in [0.3, 0.4) is 0 Å². The van der Waals surface area contributed by atoms with E-state index in [1.165, 1.54) is 4.31 Å². The molecule has 0 amide bonds. The van der Waals surface area contributed by atoms with Crippen LogP contribution in [0.5, 0.6) is 0 Å². The maximum atomic E-state index is 12.9. The van der Waals surface area contributed by atoms with Crippen molar-refractivity contribution in [3.05, 3.63) is 23.5 Å². The summed E-state index contributed by atoms with van der Waals surface area (Å²) in [5.41, 5.74) is 1.56. The Morgan fingerprint density at radius 2 is 2.38 bits per heavy atom. The standard InChI is InChI=1S/C16H21N3O4S/c1-22-16(12-6-8-23-10-12)11-24(20,21)19-7-2-3-14-15(19)5-4-13(9-17)18-14/h4-5,12,16H,2-3,6-8,10-11H2,1H3. The molecule has 1 aromatic rings. The van der Waals surface area contributed by atoms with Crippen molar-refractivity contribution in [3.8, 4) is 6.07 Å². The van der Waals surface area contributed by atoms with Crippen molar-refractivity contribution in [3.63, 3.8) is 0 Å². The van der Waals surface area contributed by atoms with Gasteiger partial charge in [0.25, 0.3) is 0 Å². The van der Waals surface area contributed by atoms with Crippen LogP contribution in [0.15, 0.2) is 12.1 Å². The van der Waals surface area contributed by atoms with Crippen molar-refractivity contribution in [2.75, 3.05) is 36.9 Å². The number of nitrogens with zero attached hydrogens (tertiary/aromatic N) is 3. The third-order valence-corrected chi connectivity index (χ3v) is 6.41. The number of ether oxygens (including phenoxy) is 2. The van der Waals surface area contributed by atoms with Gasteiger partial charge in [0.1, 0.15) is 11.8 Å². The van der Waals surface area contributed by atoms with Gasteiger partial charge in [-0.3, -0.25) is 4.31 Å². The van der Waals surface area contributed by atoms with Crippen molar-refractivity contribution >= 4 is 15.7 Å². The first kappa shape index (κ1) is 17.1. The van der Waals surface area contributed by atoms with Gasteiger partial charge in [0, 0.05) is 26.2 Å². The number of hydrogen-bond acceptors (Lipinski definition) is 6. The van der Waals surface area contributed by atoms with E-state index in [2.05, 4.69) is 4.98 Å². The molecule has 1 fully saturated rings. The number of aromatic nitrogens is 1. The Bertz CT molecular complexity index is 738. The second-order valence-electron chi connectivity index (χ2n) is 6.13. The van der Waals surface area contributed by atoms with Gasteiger partial charge in [0.05, 0.1) is 29.8 Å². The molecule has 1 aromatic heterocycles. The molecular weight excluding hydrogens is 330 g/mol. The van der Waals surface area contributed by atoms with Gasteiger partial charge < -0.3 is 9.47 Å². The molecule has 0 aliphatic carbocycles. The molecule has 0 radical (unpaired) electrons. The predicted molar refractivity (Wildman–Crippen MR) is 88.1 cm³/mol. The van der Waals surface area contributed by atoms with Crippen LogP contribution >= 0.6 is 0 Å². The average molecular weight is 351 g/mol. The summed E-state index contributed by atoms with van der Waals surface area (Å²) >= 11 is 0. The fraction of sp³-hybridized carbons (Fsp3) is 0.625. The van der Waals surface area contributed by atoms with E-state index < -0.39 is 10.0 Å². The summed E-state index contributed by atoms with van der Waals surface area (Å²) < 4.78 is 38.1. The van der Waals surface area contributed by atoms with E-state index in [-0.39, 0.29) is 17.8 Å². The molecule has 2 unspecified atom stereocenters. The van der Waals surface area contributed by atoms with Gasteiger partial charge in [0.2, 0.25) is 10.0 Å². The largest absolute Gasteiger partial charge is 0.381 e. The summed E-state index contributed by atoms with van der Waals surface area (Å²) in [6, 6.07) is 5.24. The molecule has 24 heavy (non-hydrogen) atoms. The minimum absolute atomic E-state index is 0.0725. The van der Waals surface area contributed by atoms with Crippen LogP contribution < -0.4 is 4.31 Å². The molecule has 0 N–H and O–H groups in total. The van der Waals surface area contributed by atoms with Crippen LogP contribution in [0.25, 0.3) is 0 Å². The number of sulfonamides is 1. The highest BCUT2D eigenvalue weighted by molar-refractivity contribution is 7.92. The van der Waals surface area contributed by atoms with Gasteiger partial charge in [-0.25, -0.2) is 13.4 Å². The summed E-state index contributed by atoms with van der Waals surface area (Å²) in [5, 5.41) is 8.96. The Labute approximate surface area is 142 Å². The van der Waals surface area contributed by atoms with E-state index in [9.17, 15) is 8.42 Å². The summed E-state index contributed by atoms with van der Waals surface area (Å²) in [4.78, 5) is 4.25. The van der Waals surface area contributed by atoms with Gasteiger partial charge in [-0.05, 0) is 31.4 Å². The quantitative estimate of drug-likeness (QED) is 0.788. The van der Waals surface area contributed by atoms with Crippen molar-refractivity contribution < 1.29 is 17.9 Å². The zero-order valence-electron chi connectivity index (χ0n) is 13.6. The third-order valence-electron chi connectivity index (χ3n) is 4.61. The molecule has 130 valence electrons. The Balaban J connectivity index is 1.84. The third kappa shape index (κ3) is 3.38. The molecule has 8 heteroatoms. The van der Waals surface area contributed by atoms with E-state index in [0.29, 0.717) is 49.7 Å². The van der Waals surface area contributed by atoms with Crippen LogP contribution in [-0.2, 0) is 25.9 Å². The van der Waals surface area contributed by atoms with Crippen LogP contribution in [0.4, 0.5) is 5.69 Å². The smallest absolute Gasteiger partial charge is 0.237 e. The molecule has 7 nitrogen and oxygen atoms in total. The maximum absolute atomic E-state index is 12.9. The Hall–Kier alpha value is -1.69. The minimum atomic E-state index is -3.54. The molecule has 2 aliphatic heterocycles. The normalized spacial score (nSPS) is 22.0. The zero-order valence-corrected chi connectivity index (χ0v) is 14.5. The predicted octanol–water partition coefficient (Wildman–Crippen LogP) is 1.09. The average Bonchev–Trinajstić information content (AvgIpc) is 3.13. The fourth-order valence-electron chi connectivity index (χ4n) is 3.31. The fourth-order valence-corrected chi connectivity index (χ4v) is 5.18. The van der Waals surface area contributed by atoms with Gasteiger partial charge in [-0.15, -0.1) is 0 Å². The number of methoxy groups -OCH3 is 1. The number of pyridine rings is 1. The highest BCUT2D eigenvalue weighted by atomic mass is 32.2. The van der Waals surface area contributed by atoms with E-state index in [1.54, 1.807) is 19.2 Å². The lowest BCUT2D eigenvalue weighted by molar-refractivity contribution is 0.0610. The molecule has 0 spiro atoms. The SMILES string of the molecule is COC(CS(=O)(=O)N1CCCc2nc(C#N)ccc21)C1CCOC1. The Kier molecular flexibility index (Phi) is 5.04. The minimum Gasteiger partial charge on any atom is -0.381 e. The van der Waals surface area contributed by atoms with Gasteiger partial charge in [0.15, 0.2) is 0 Å². The second-order valence-corrected chi connectivity index (χ2v) is 8.06. The zero-order chi connectivity index (χ0) is 17.2. The summed E-state index contributed by atoms with van der Waals surface area (Å²) in [6.07, 6.45) is 1.81. The van der Waals surface area contributed by atoms with Crippen molar-refractivity contribution in [1.29, 1.82) is 5.26 Å². The topological polar surface area (TPSA) is 92.5 Å².